The van der Waals surface area contributed by atoms with Gasteiger partial charge in [-0.05, 0) is 6.07 Å². The number of hydrogen-bond donors (Lipinski definition) is 0. The second-order valence-corrected chi connectivity index (χ2v) is 4.85. The van der Waals surface area contributed by atoms with Crippen molar-refractivity contribution < 1.29 is 13.5 Å². The maximum atomic E-state index is 12.7. The minimum Gasteiger partial charge on any atom is -0.376 e. The number of rotatable bonds is 2. The highest BCUT2D eigenvalue weighted by atomic mass is 35.5. The molecule has 1 aliphatic heterocycles. The van der Waals surface area contributed by atoms with Crippen molar-refractivity contribution in [2.45, 2.75) is 19.5 Å². The zero-order valence-electron chi connectivity index (χ0n) is 10.4. The first-order valence-corrected chi connectivity index (χ1v) is 6.54. The quantitative estimate of drug-likeness (QED) is 0.791. The zero-order valence-corrected chi connectivity index (χ0v) is 11.2. The van der Waals surface area contributed by atoms with E-state index in [4.69, 9.17) is 16.3 Å². The maximum absolute atomic E-state index is 12.7. The largest absolute Gasteiger partial charge is 0.376 e. The van der Waals surface area contributed by atoms with E-state index in [0.717, 1.165) is 11.3 Å². The molecule has 2 aromatic rings. The normalized spacial score (nSPS) is 14.4. The van der Waals surface area contributed by atoms with Crippen molar-refractivity contribution in [3.8, 4) is 11.4 Å². The van der Waals surface area contributed by atoms with E-state index in [1.165, 1.54) is 12.1 Å². The fraction of sp³-hybridized carbons (Fsp3) is 0.286. The van der Waals surface area contributed by atoms with Crippen LogP contribution in [0.5, 0.6) is 0 Å². The van der Waals surface area contributed by atoms with Crippen molar-refractivity contribution in [3.63, 3.8) is 0 Å². The van der Waals surface area contributed by atoms with Crippen molar-refractivity contribution in [2.24, 2.45) is 0 Å². The van der Waals surface area contributed by atoms with Crippen LogP contribution in [-0.4, -0.2) is 16.6 Å². The number of benzene rings is 1. The molecule has 104 valence electrons. The summed E-state index contributed by atoms with van der Waals surface area (Å²) in [6, 6.07) is 6.03. The van der Waals surface area contributed by atoms with Crippen molar-refractivity contribution in [2.75, 3.05) is 6.61 Å². The van der Waals surface area contributed by atoms with E-state index in [0.29, 0.717) is 36.2 Å². The highest BCUT2D eigenvalue weighted by Crippen LogP contribution is 2.28. The van der Waals surface area contributed by atoms with Crippen molar-refractivity contribution in [3.05, 3.63) is 46.2 Å². The van der Waals surface area contributed by atoms with E-state index >= 15 is 0 Å². The van der Waals surface area contributed by atoms with Crippen LogP contribution in [-0.2, 0) is 17.8 Å². The lowest BCUT2D eigenvalue weighted by Crippen LogP contribution is -2.14. The number of halogens is 3. The van der Waals surface area contributed by atoms with Crippen LogP contribution in [0, 0.1) is 0 Å². The summed E-state index contributed by atoms with van der Waals surface area (Å²) < 4.78 is 30.8. The first-order valence-electron chi connectivity index (χ1n) is 6.16. The van der Waals surface area contributed by atoms with Gasteiger partial charge in [-0.25, -0.2) is 18.7 Å². The molecule has 1 aliphatic rings. The average Bonchev–Trinajstić information content (AvgIpc) is 2.47. The van der Waals surface area contributed by atoms with Crippen LogP contribution in [0.2, 0.25) is 5.15 Å². The minimum atomic E-state index is -2.52. The molecule has 0 aliphatic carbocycles. The van der Waals surface area contributed by atoms with E-state index < -0.39 is 6.43 Å². The summed E-state index contributed by atoms with van der Waals surface area (Å²) in [5.41, 5.74) is 2.10. The zero-order chi connectivity index (χ0) is 14.1. The molecule has 3 rings (SSSR count). The van der Waals surface area contributed by atoms with Gasteiger partial charge in [-0.1, -0.05) is 29.8 Å². The van der Waals surface area contributed by atoms with Gasteiger partial charge in [-0.3, -0.25) is 0 Å². The van der Waals surface area contributed by atoms with Gasteiger partial charge in [-0.2, -0.15) is 0 Å². The van der Waals surface area contributed by atoms with Crippen LogP contribution in [0.25, 0.3) is 11.4 Å². The molecule has 0 saturated carbocycles. The van der Waals surface area contributed by atoms with E-state index in [1.807, 2.05) is 0 Å². The molecular formula is C14H11ClF2N2O. The van der Waals surface area contributed by atoms with Gasteiger partial charge in [0.15, 0.2) is 5.82 Å². The standard InChI is InChI=1S/C14H11ClF2N2O/c15-12-10-7-20-5-4-11(10)18-14(19-12)9-3-1-2-8(6-9)13(16)17/h1-3,6,13H,4-5,7H2. The molecule has 0 bridgehead atoms. The predicted molar refractivity (Wildman–Crippen MR) is 70.8 cm³/mol. The molecule has 0 saturated heterocycles. The van der Waals surface area contributed by atoms with Crippen molar-refractivity contribution >= 4 is 11.6 Å². The van der Waals surface area contributed by atoms with Crippen LogP contribution in [0.1, 0.15) is 23.2 Å². The molecule has 1 aromatic carbocycles. The summed E-state index contributed by atoms with van der Waals surface area (Å²) in [5, 5.41) is 0.326. The lowest BCUT2D eigenvalue weighted by molar-refractivity contribution is 0.109. The van der Waals surface area contributed by atoms with Crippen LogP contribution >= 0.6 is 11.6 Å². The van der Waals surface area contributed by atoms with Crippen LogP contribution in [0.15, 0.2) is 24.3 Å². The topological polar surface area (TPSA) is 35.0 Å². The number of hydrogen-bond acceptors (Lipinski definition) is 3. The SMILES string of the molecule is FC(F)c1cccc(-c2nc(Cl)c3c(n2)CCOC3)c1. The smallest absolute Gasteiger partial charge is 0.263 e. The van der Waals surface area contributed by atoms with Gasteiger partial charge >= 0.3 is 0 Å². The average molecular weight is 297 g/mol. The Morgan fingerprint density at radius 1 is 1.25 bits per heavy atom. The Bertz CT molecular complexity index is 649. The van der Waals surface area contributed by atoms with E-state index in [-0.39, 0.29) is 5.56 Å². The Morgan fingerprint density at radius 2 is 2.10 bits per heavy atom. The van der Waals surface area contributed by atoms with Crippen LogP contribution in [0.3, 0.4) is 0 Å². The van der Waals surface area contributed by atoms with Gasteiger partial charge in [-0.15, -0.1) is 0 Å². The molecule has 1 aromatic heterocycles. The Labute approximate surface area is 119 Å². The molecule has 0 fully saturated rings. The summed E-state index contributed by atoms with van der Waals surface area (Å²) in [7, 11) is 0. The van der Waals surface area contributed by atoms with Crippen molar-refractivity contribution in [1.29, 1.82) is 0 Å². The molecule has 3 nitrogen and oxygen atoms in total. The first-order chi connectivity index (χ1) is 9.65. The molecule has 0 spiro atoms. The summed E-state index contributed by atoms with van der Waals surface area (Å²) in [6.07, 6.45) is -1.87. The minimum absolute atomic E-state index is 0.0525. The Hall–Kier alpha value is -1.59. The number of fused-ring (bicyclic) bond motifs is 1. The fourth-order valence-corrected chi connectivity index (χ4v) is 2.38. The van der Waals surface area contributed by atoms with Gasteiger partial charge in [0, 0.05) is 23.1 Å². The fourth-order valence-electron chi connectivity index (χ4n) is 2.14. The monoisotopic (exact) mass is 296 g/mol. The Kier molecular flexibility index (Phi) is 3.63. The van der Waals surface area contributed by atoms with Gasteiger partial charge in [0.05, 0.1) is 18.9 Å². The van der Waals surface area contributed by atoms with Gasteiger partial charge < -0.3 is 4.74 Å². The molecule has 0 amide bonds. The second-order valence-electron chi connectivity index (χ2n) is 4.49. The Balaban J connectivity index is 2.06. The number of aromatic nitrogens is 2. The molecule has 0 atom stereocenters. The third-order valence-electron chi connectivity index (χ3n) is 3.17. The number of nitrogens with zero attached hydrogens (tertiary/aromatic N) is 2. The Morgan fingerprint density at radius 3 is 2.90 bits per heavy atom. The second kappa shape index (κ2) is 5.42. The lowest BCUT2D eigenvalue weighted by Gasteiger charge is -2.17. The lowest BCUT2D eigenvalue weighted by atomic mass is 10.1. The van der Waals surface area contributed by atoms with E-state index in [2.05, 4.69) is 9.97 Å². The number of ether oxygens (including phenoxy) is 1. The van der Waals surface area contributed by atoms with Gasteiger partial charge in [0.25, 0.3) is 6.43 Å². The highest BCUT2D eigenvalue weighted by molar-refractivity contribution is 6.30. The summed E-state index contributed by atoms with van der Waals surface area (Å²) in [4.78, 5) is 8.61. The molecular weight excluding hydrogens is 286 g/mol. The summed E-state index contributed by atoms with van der Waals surface area (Å²) >= 11 is 6.12. The van der Waals surface area contributed by atoms with Crippen molar-refractivity contribution in [1.82, 2.24) is 9.97 Å². The first kappa shape index (κ1) is 13.4. The maximum Gasteiger partial charge on any atom is 0.263 e. The number of alkyl halides is 2. The van der Waals surface area contributed by atoms with Crippen LogP contribution in [0.4, 0.5) is 8.78 Å². The highest BCUT2D eigenvalue weighted by Gasteiger charge is 2.18. The van der Waals surface area contributed by atoms with Gasteiger partial charge in [0.1, 0.15) is 5.15 Å². The van der Waals surface area contributed by atoms with E-state index in [1.54, 1.807) is 12.1 Å². The summed E-state index contributed by atoms with van der Waals surface area (Å²) in [5.74, 6) is 0.373. The summed E-state index contributed by atoms with van der Waals surface area (Å²) in [6.45, 7) is 0.975. The molecule has 6 heteroatoms. The molecule has 0 radical (unpaired) electrons. The molecule has 0 unspecified atom stereocenters. The van der Waals surface area contributed by atoms with Crippen LogP contribution < -0.4 is 0 Å². The third kappa shape index (κ3) is 2.51. The molecule has 20 heavy (non-hydrogen) atoms. The molecule has 0 N–H and O–H groups in total. The third-order valence-corrected chi connectivity index (χ3v) is 3.48. The van der Waals surface area contributed by atoms with Gasteiger partial charge in [0.2, 0.25) is 0 Å². The molecule has 2 heterocycles. The van der Waals surface area contributed by atoms with E-state index in [9.17, 15) is 8.78 Å². The predicted octanol–water partition coefficient (Wildman–Crippen LogP) is 3.81.